The lowest BCUT2D eigenvalue weighted by Crippen LogP contribution is -2.28. The largest absolute Gasteiger partial charge is 0.381 e. The lowest BCUT2D eigenvalue weighted by Gasteiger charge is -2.20. The summed E-state index contributed by atoms with van der Waals surface area (Å²) in [5.41, 5.74) is 1.49. The molecule has 2 unspecified atom stereocenters. The SMILES string of the molecule is COC(C)C1[C@@H]2CNC[C@]12c1ccc(Cl)c(Cl)c1. The Balaban J connectivity index is 1.97. The van der Waals surface area contributed by atoms with Gasteiger partial charge < -0.3 is 10.1 Å². The molecule has 1 aromatic rings. The van der Waals surface area contributed by atoms with Gasteiger partial charge in [0.25, 0.3) is 0 Å². The number of halogens is 2. The Kier molecular flexibility index (Phi) is 3.10. The van der Waals surface area contributed by atoms with Gasteiger partial charge in [-0.2, -0.15) is 0 Å². The minimum Gasteiger partial charge on any atom is -0.381 e. The Bertz CT molecular complexity index is 479. The minimum absolute atomic E-state index is 0.198. The molecule has 1 aliphatic heterocycles. The second-order valence-corrected chi connectivity index (χ2v) is 6.19. The number of methoxy groups -OCH3 is 1. The molecule has 1 saturated heterocycles. The third kappa shape index (κ3) is 1.63. The molecule has 1 N–H and O–H groups in total. The molecule has 98 valence electrons. The molecular weight excluding hydrogens is 269 g/mol. The van der Waals surface area contributed by atoms with Gasteiger partial charge in [-0.3, -0.25) is 0 Å². The van der Waals surface area contributed by atoms with E-state index in [1.807, 2.05) is 12.1 Å². The van der Waals surface area contributed by atoms with Gasteiger partial charge in [0.15, 0.2) is 0 Å². The van der Waals surface area contributed by atoms with Crippen molar-refractivity contribution >= 4 is 23.2 Å². The summed E-state index contributed by atoms with van der Waals surface area (Å²) in [4.78, 5) is 0. The van der Waals surface area contributed by atoms with E-state index in [1.165, 1.54) is 5.56 Å². The summed E-state index contributed by atoms with van der Waals surface area (Å²) in [7, 11) is 1.79. The first-order chi connectivity index (χ1) is 8.61. The van der Waals surface area contributed by atoms with Gasteiger partial charge in [-0.05, 0) is 37.1 Å². The zero-order valence-corrected chi connectivity index (χ0v) is 12.1. The van der Waals surface area contributed by atoms with Crippen molar-refractivity contribution in [3.05, 3.63) is 33.8 Å². The molecule has 0 aromatic heterocycles. The highest BCUT2D eigenvalue weighted by Crippen LogP contribution is 2.64. The molecule has 0 radical (unpaired) electrons. The van der Waals surface area contributed by atoms with Crippen LogP contribution in [0.3, 0.4) is 0 Å². The first-order valence-corrected chi connectivity index (χ1v) is 7.06. The Morgan fingerprint density at radius 2 is 2.17 bits per heavy atom. The number of nitrogens with one attached hydrogen (secondary N) is 1. The summed E-state index contributed by atoms with van der Waals surface area (Å²) in [6.07, 6.45) is 0.284. The van der Waals surface area contributed by atoms with Crippen molar-refractivity contribution in [1.82, 2.24) is 5.32 Å². The summed E-state index contributed by atoms with van der Waals surface area (Å²) >= 11 is 12.2. The van der Waals surface area contributed by atoms with Gasteiger partial charge in [0.2, 0.25) is 0 Å². The molecule has 3 rings (SSSR count). The van der Waals surface area contributed by atoms with Gasteiger partial charge in [-0.15, -0.1) is 0 Å². The summed E-state index contributed by atoms with van der Waals surface area (Å²) in [5.74, 6) is 1.24. The first kappa shape index (κ1) is 12.7. The number of ether oxygens (including phenoxy) is 1. The van der Waals surface area contributed by atoms with Crippen LogP contribution in [0.2, 0.25) is 10.0 Å². The fourth-order valence-corrected chi connectivity index (χ4v) is 4.03. The molecule has 0 spiro atoms. The van der Waals surface area contributed by atoms with Gasteiger partial charge in [0.05, 0.1) is 16.1 Å². The monoisotopic (exact) mass is 285 g/mol. The number of benzene rings is 1. The highest BCUT2D eigenvalue weighted by Gasteiger charge is 2.69. The molecule has 4 atom stereocenters. The van der Waals surface area contributed by atoms with Crippen molar-refractivity contribution < 1.29 is 4.74 Å². The second-order valence-electron chi connectivity index (χ2n) is 5.37. The van der Waals surface area contributed by atoms with Crippen LogP contribution in [0.4, 0.5) is 0 Å². The molecule has 4 heteroatoms. The van der Waals surface area contributed by atoms with E-state index in [2.05, 4.69) is 18.3 Å². The van der Waals surface area contributed by atoms with Crippen molar-refractivity contribution in [2.45, 2.75) is 18.4 Å². The fraction of sp³-hybridized carbons (Fsp3) is 0.571. The van der Waals surface area contributed by atoms with Crippen molar-refractivity contribution in [3.8, 4) is 0 Å². The van der Waals surface area contributed by atoms with Crippen molar-refractivity contribution in [2.24, 2.45) is 11.8 Å². The average Bonchev–Trinajstić information content (AvgIpc) is 2.81. The molecule has 1 aliphatic carbocycles. The van der Waals surface area contributed by atoms with Crippen molar-refractivity contribution in [1.29, 1.82) is 0 Å². The van der Waals surface area contributed by atoms with Crippen LogP contribution in [0.25, 0.3) is 0 Å². The zero-order chi connectivity index (χ0) is 12.9. The molecule has 0 bridgehead atoms. The lowest BCUT2D eigenvalue weighted by molar-refractivity contribution is 0.0871. The van der Waals surface area contributed by atoms with E-state index in [-0.39, 0.29) is 11.5 Å². The predicted octanol–water partition coefficient (Wildman–Crippen LogP) is 3.12. The molecule has 2 fully saturated rings. The van der Waals surface area contributed by atoms with Gasteiger partial charge in [-0.25, -0.2) is 0 Å². The third-order valence-corrected chi connectivity index (χ3v) is 5.44. The molecule has 0 amide bonds. The number of fused-ring (bicyclic) bond motifs is 1. The first-order valence-electron chi connectivity index (χ1n) is 6.30. The maximum atomic E-state index is 6.15. The minimum atomic E-state index is 0.198. The fourth-order valence-electron chi connectivity index (χ4n) is 3.73. The standard InChI is InChI=1S/C14H17Cl2NO/c1-8(18-2)13-10-6-17-7-14(10,13)9-3-4-11(15)12(16)5-9/h3-5,8,10,13,17H,6-7H2,1-2H3/t8?,10-,13?,14+/m0/s1. The van der Waals surface area contributed by atoms with Gasteiger partial charge >= 0.3 is 0 Å². The van der Waals surface area contributed by atoms with Gasteiger partial charge in [0.1, 0.15) is 0 Å². The lowest BCUT2D eigenvalue weighted by atomic mass is 9.91. The van der Waals surface area contributed by atoms with Crippen LogP contribution in [0.1, 0.15) is 12.5 Å². The predicted molar refractivity (Wildman–Crippen MR) is 74.5 cm³/mol. The highest BCUT2D eigenvalue weighted by molar-refractivity contribution is 6.42. The van der Waals surface area contributed by atoms with E-state index < -0.39 is 0 Å². The van der Waals surface area contributed by atoms with E-state index in [0.717, 1.165) is 13.1 Å². The summed E-state index contributed by atoms with van der Waals surface area (Å²) in [5, 5.41) is 4.74. The van der Waals surface area contributed by atoms with Crippen LogP contribution in [-0.4, -0.2) is 26.3 Å². The number of piperidine rings is 1. The van der Waals surface area contributed by atoms with Crippen molar-refractivity contribution in [2.75, 3.05) is 20.2 Å². The van der Waals surface area contributed by atoms with Crippen LogP contribution in [0.15, 0.2) is 18.2 Å². The van der Waals surface area contributed by atoms with Crippen LogP contribution in [-0.2, 0) is 10.2 Å². The van der Waals surface area contributed by atoms with E-state index in [0.29, 0.717) is 21.9 Å². The van der Waals surface area contributed by atoms with E-state index in [9.17, 15) is 0 Å². The topological polar surface area (TPSA) is 21.3 Å². The van der Waals surface area contributed by atoms with E-state index in [1.54, 1.807) is 7.11 Å². The molecular formula is C14H17Cl2NO. The summed E-state index contributed by atoms with van der Waals surface area (Å²) < 4.78 is 5.52. The van der Waals surface area contributed by atoms with Gasteiger partial charge in [0, 0.05) is 25.0 Å². The molecule has 1 aromatic carbocycles. The quantitative estimate of drug-likeness (QED) is 0.922. The Morgan fingerprint density at radius 1 is 1.39 bits per heavy atom. The molecule has 1 heterocycles. The molecule has 18 heavy (non-hydrogen) atoms. The Morgan fingerprint density at radius 3 is 2.83 bits per heavy atom. The maximum Gasteiger partial charge on any atom is 0.0595 e. The summed E-state index contributed by atoms with van der Waals surface area (Å²) in [6.45, 7) is 4.23. The smallest absolute Gasteiger partial charge is 0.0595 e. The third-order valence-electron chi connectivity index (χ3n) is 4.70. The number of hydrogen-bond acceptors (Lipinski definition) is 2. The van der Waals surface area contributed by atoms with Crippen LogP contribution >= 0.6 is 23.2 Å². The normalized spacial score (nSPS) is 35.3. The molecule has 1 saturated carbocycles. The average molecular weight is 286 g/mol. The number of rotatable bonds is 3. The second kappa shape index (κ2) is 4.38. The van der Waals surface area contributed by atoms with Crippen LogP contribution < -0.4 is 5.32 Å². The number of hydrogen-bond donors (Lipinski definition) is 1. The van der Waals surface area contributed by atoms with Crippen LogP contribution in [0.5, 0.6) is 0 Å². The van der Waals surface area contributed by atoms with E-state index in [4.69, 9.17) is 27.9 Å². The zero-order valence-electron chi connectivity index (χ0n) is 10.5. The maximum absolute atomic E-state index is 6.15. The Hall–Kier alpha value is -0.280. The van der Waals surface area contributed by atoms with E-state index >= 15 is 0 Å². The molecule has 2 aliphatic rings. The van der Waals surface area contributed by atoms with Crippen LogP contribution in [0, 0.1) is 11.8 Å². The van der Waals surface area contributed by atoms with Crippen molar-refractivity contribution in [3.63, 3.8) is 0 Å². The van der Waals surface area contributed by atoms with Gasteiger partial charge in [-0.1, -0.05) is 29.3 Å². The Labute approximate surface area is 118 Å². The highest BCUT2D eigenvalue weighted by atomic mass is 35.5. The summed E-state index contributed by atoms with van der Waals surface area (Å²) in [6, 6.07) is 6.03. The molecule has 2 nitrogen and oxygen atoms in total.